The van der Waals surface area contributed by atoms with Crippen molar-refractivity contribution in [3.05, 3.63) is 11.3 Å². The van der Waals surface area contributed by atoms with Crippen LogP contribution < -0.4 is 5.32 Å². The summed E-state index contributed by atoms with van der Waals surface area (Å²) < 4.78 is 54.6. The summed E-state index contributed by atoms with van der Waals surface area (Å²) >= 11 is 0. The van der Waals surface area contributed by atoms with Crippen LogP contribution in [0.3, 0.4) is 0 Å². The highest BCUT2D eigenvalue weighted by molar-refractivity contribution is 5.92. The molecule has 3 aliphatic carbocycles. The van der Waals surface area contributed by atoms with E-state index in [1.54, 1.807) is 18.5 Å². The quantitative estimate of drug-likeness (QED) is 0.719. The molecule has 3 fully saturated rings. The van der Waals surface area contributed by atoms with Gasteiger partial charge >= 0.3 is 0 Å². The maximum absolute atomic E-state index is 13.3. The Hall–Kier alpha value is -1.60. The molecule has 0 aliphatic heterocycles. The van der Waals surface area contributed by atoms with E-state index in [-0.39, 0.29) is 49.5 Å². The van der Waals surface area contributed by atoms with Gasteiger partial charge in [0.25, 0.3) is 0 Å². The van der Waals surface area contributed by atoms with E-state index in [2.05, 4.69) is 10.4 Å². The van der Waals surface area contributed by atoms with Crippen molar-refractivity contribution in [1.29, 1.82) is 0 Å². The number of alkyl halides is 4. The first-order valence-corrected chi connectivity index (χ1v) is 9.72. The van der Waals surface area contributed by atoms with Gasteiger partial charge in [-0.25, -0.2) is 22.2 Å². The Kier molecular flexibility index (Phi) is 4.31. The molecule has 1 heterocycles. The van der Waals surface area contributed by atoms with Gasteiger partial charge in [0.1, 0.15) is 5.82 Å². The Morgan fingerprint density at radius 3 is 2.22 bits per heavy atom. The van der Waals surface area contributed by atoms with Gasteiger partial charge in [-0.2, -0.15) is 5.10 Å². The van der Waals surface area contributed by atoms with E-state index in [1.165, 1.54) is 0 Å². The van der Waals surface area contributed by atoms with Gasteiger partial charge in [-0.15, -0.1) is 0 Å². The van der Waals surface area contributed by atoms with Gasteiger partial charge in [-0.05, 0) is 32.1 Å². The van der Waals surface area contributed by atoms with E-state index in [9.17, 15) is 22.4 Å². The van der Waals surface area contributed by atoms with Crippen LogP contribution in [0.4, 0.5) is 23.4 Å². The number of hydrogen-bond acceptors (Lipinski definition) is 2. The van der Waals surface area contributed by atoms with Gasteiger partial charge in [-0.1, -0.05) is 6.92 Å². The lowest BCUT2D eigenvalue weighted by atomic mass is 9.73. The second-order valence-corrected chi connectivity index (χ2v) is 8.65. The molecule has 1 N–H and O–H groups in total. The van der Waals surface area contributed by atoms with Crippen molar-refractivity contribution in [2.75, 3.05) is 5.32 Å². The van der Waals surface area contributed by atoms with Crippen LogP contribution in [0, 0.1) is 18.8 Å². The summed E-state index contributed by atoms with van der Waals surface area (Å²) in [6.45, 7) is 3.47. The number of carbonyl (C=O) groups is 1. The zero-order valence-electron chi connectivity index (χ0n) is 15.6. The Labute approximate surface area is 155 Å². The van der Waals surface area contributed by atoms with E-state index < -0.39 is 17.8 Å². The monoisotopic (exact) mass is 387 g/mol. The molecule has 3 saturated carbocycles. The first kappa shape index (κ1) is 18.7. The summed E-state index contributed by atoms with van der Waals surface area (Å²) in [5.74, 6) is -6.19. The highest BCUT2D eigenvalue weighted by Crippen LogP contribution is 2.50. The third-order valence-corrected chi connectivity index (χ3v) is 6.57. The molecule has 1 atom stereocenters. The Bertz CT molecular complexity index is 740. The van der Waals surface area contributed by atoms with Crippen LogP contribution >= 0.6 is 0 Å². The minimum absolute atomic E-state index is 0.164. The first-order valence-electron chi connectivity index (χ1n) is 9.72. The number of amides is 1. The van der Waals surface area contributed by atoms with Gasteiger partial charge in [0.15, 0.2) is 0 Å². The number of anilines is 1. The Morgan fingerprint density at radius 1 is 1.15 bits per heavy atom. The summed E-state index contributed by atoms with van der Waals surface area (Å²) in [5.41, 5.74) is 1.35. The van der Waals surface area contributed by atoms with Crippen molar-refractivity contribution in [1.82, 2.24) is 9.78 Å². The van der Waals surface area contributed by atoms with E-state index in [4.69, 9.17) is 0 Å². The average molecular weight is 387 g/mol. The van der Waals surface area contributed by atoms with Gasteiger partial charge in [0, 0.05) is 43.1 Å². The highest BCUT2D eigenvalue weighted by atomic mass is 19.3. The molecule has 4 nitrogen and oxygen atoms in total. The molecular formula is C19H25F4N3O. The van der Waals surface area contributed by atoms with Gasteiger partial charge < -0.3 is 5.32 Å². The molecule has 4 rings (SSSR count). The molecule has 0 radical (unpaired) electrons. The molecule has 0 bridgehead atoms. The Morgan fingerprint density at radius 2 is 1.74 bits per heavy atom. The summed E-state index contributed by atoms with van der Waals surface area (Å²) in [4.78, 5) is 12.6. The van der Waals surface area contributed by atoms with Gasteiger partial charge in [0.2, 0.25) is 17.8 Å². The van der Waals surface area contributed by atoms with Crippen LogP contribution in [0.15, 0.2) is 0 Å². The number of carbonyl (C=O) groups excluding carboxylic acids is 1. The molecule has 150 valence electrons. The molecule has 1 aromatic heterocycles. The predicted molar refractivity (Wildman–Crippen MR) is 92.2 cm³/mol. The maximum atomic E-state index is 13.3. The number of nitrogens with one attached hydrogen (secondary N) is 1. The van der Waals surface area contributed by atoms with Crippen LogP contribution in [0.5, 0.6) is 0 Å². The fourth-order valence-corrected chi connectivity index (χ4v) is 4.33. The van der Waals surface area contributed by atoms with Crippen molar-refractivity contribution in [2.24, 2.45) is 11.8 Å². The van der Waals surface area contributed by atoms with E-state index in [0.29, 0.717) is 11.5 Å². The molecule has 0 aromatic carbocycles. The number of aromatic nitrogens is 2. The summed E-state index contributed by atoms with van der Waals surface area (Å²) in [6, 6.07) is 0.164. The smallest absolute Gasteiger partial charge is 0.249 e. The molecule has 27 heavy (non-hydrogen) atoms. The zero-order valence-corrected chi connectivity index (χ0v) is 15.6. The van der Waals surface area contributed by atoms with Crippen molar-refractivity contribution in [3.8, 4) is 0 Å². The molecule has 1 aromatic rings. The first-order chi connectivity index (χ1) is 12.6. The largest absolute Gasteiger partial charge is 0.310 e. The fourth-order valence-electron chi connectivity index (χ4n) is 4.33. The van der Waals surface area contributed by atoms with Gasteiger partial charge in [-0.3, -0.25) is 4.79 Å². The second kappa shape index (κ2) is 6.21. The van der Waals surface area contributed by atoms with E-state index in [0.717, 1.165) is 24.8 Å². The summed E-state index contributed by atoms with van der Waals surface area (Å²) in [7, 11) is 0. The lowest BCUT2D eigenvalue weighted by Crippen LogP contribution is -2.42. The zero-order chi connectivity index (χ0) is 19.6. The average Bonchev–Trinajstić information content (AvgIpc) is 2.77. The van der Waals surface area contributed by atoms with Crippen molar-refractivity contribution in [3.63, 3.8) is 0 Å². The van der Waals surface area contributed by atoms with Crippen LogP contribution in [-0.4, -0.2) is 27.5 Å². The topological polar surface area (TPSA) is 46.9 Å². The Balaban J connectivity index is 1.52. The molecule has 0 unspecified atom stereocenters. The summed E-state index contributed by atoms with van der Waals surface area (Å²) in [5, 5.41) is 7.46. The molecular weight excluding hydrogens is 362 g/mol. The van der Waals surface area contributed by atoms with Crippen molar-refractivity contribution >= 4 is 11.7 Å². The molecule has 3 aliphatic rings. The molecule has 1 amide bonds. The van der Waals surface area contributed by atoms with Crippen molar-refractivity contribution in [2.45, 2.75) is 82.6 Å². The summed E-state index contributed by atoms with van der Waals surface area (Å²) in [6.07, 6.45) is 2.01. The van der Waals surface area contributed by atoms with E-state index >= 15 is 0 Å². The molecule has 0 spiro atoms. The minimum Gasteiger partial charge on any atom is -0.310 e. The SMILES string of the molecule is Cc1c(C2CC(F)(F)C2)nn(C2CCC2)c1NC(=O)[C@H](C)C1CC(F)(F)C1. The van der Waals surface area contributed by atoms with Crippen LogP contribution in [0.25, 0.3) is 0 Å². The lowest BCUT2D eigenvalue weighted by molar-refractivity contribution is -0.140. The molecule has 8 heteroatoms. The van der Waals surface area contributed by atoms with Crippen molar-refractivity contribution < 1.29 is 22.4 Å². The second-order valence-electron chi connectivity index (χ2n) is 8.65. The number of nitrogens with zero attached hydrogens (tertiary/aromatic N) is 2. The normalized spacial score (nSPS) is 26.0. The third-order valence-electron chi connectivity index (χ3n) is 6.57. The number of halogens is 4. The van der Waals surface area contributed by atoms with Crippen LogP contribution in [0.2, 0.25) is 0 Å². The minimum atomic E-state index is -2.66. The lowest BCUT2D eigenvalue weighted by Gasteiger charge is -2.38. The highest BCUT2D eigenvalue weighted by Gasteiger charge is 2.50. The van der Waals surface area contributed by atoms with Crippen LogP contribution in [-0.2, 0) is 4.79 Å². The maximum Gasteiger partial charge on any atom is 0.249 e. The number of rotatable bonds is 5. The van der Waals surface area contributed by atoms with E-state index in [1.807, 2.05) is 0 Å². The molecule has 0 saturated heterocycles. The fraction of sp³-hybridized carbons (Fsp3) is 0.789. The van der Waals surface area contributed by atoms with Gasteiger partial charge in [0.05, 0.1) is 11.7 Å². The standard InChI is InChI=1S/C19H25F4N3O/c1-10(12-6-18(20,21)7-12)17(27)24-16-11(2)15(13-8-19(22,23)9-13)25-26(16)14-4-3-5-14/h10,12-14H,3-9H2,1-2H3,(H,24,27)/t10-/m1/s1. The van der Waals surface area contributed by atoms with Crippen LogP contribution in [0.1, 0.15) is 75.1 Å². The third kappa shape index (κ3) is 3.36. The predicted octanol–water partition coefficient (Wildman–Crippen LogP) is 5.05. The number of hydrogen-bond donors (Lipinski definition) is 1.